The van der Waals surface area contributed by atoms with Crippen LogP contribution >= 0.6 is 0 Å². The first-order valence-electron chi connectivity index (χ1n) is 5.39. The second-order valence-electron chi connectivity index (χ2n) is 6.19. The van der Waals surface area contributed by atoms with Crippen molar-refractivity contribution in [3.05, 3.63) is 0 Å². The molecule has 0 aromatic rings. The Morgan fingerprint density at radius 3 is 2.46 bits per heavy atom. The van der Waals surface area contributed by atoms with Gasteiger partial charge in [-0.3, -0.25) is 0 Å². The molecule has 13 heavy (non-hydrogen) atoms. The average molecular weight is 182 g/mol. The fraction of sp³-hybridized carbons (Fsp3) is 1.00. The highest BCUT2D eigenvalue weighted by atomic mass is 15.2. The standard InChI is InChI=1S/C11H22N2/c1-10(2,3)7-13-5-4-11(8-13)6-9(11)12/h9H,4-8,12H2,1-3H3. The fourth-order valence-electron chi connectivity index (χ4n) is 2.64. The molecule has 2 fully saturated rings. The molecule has 1 heterocycles. The summed E-state index contributed by atoms with van der Waals surface area (Å²) in [6, 6.07) is 0.512. The molecule has 2 rings (SSSR count). The second kappa shape index (κ2) is 2.71. The molecule has 2 nitrogen and oxygen atoms in total. The van der Waals surface area contributed by atoms with Crippen LogP contribution in [0.3, 0.4) is 0 Å². The Morgan fingerprint density at radius 1 is 1.46 bits per heavy atom. The lowest BCUT2D eigenvalue weighted by Gasteiger charge is -2.26. The van der Waals surface area contributed by atoms with Crippen LogP contribution in [-0.4, -0.2) is 30.6 Å². The highest BCUT2D eigenvalue weighted by Gasteiger charge is 2.55. The van der Waals surface area contributed by atoms with Crippen molar-refractivity contribution < 1.29 is 0 Å². The van der Waals surface area contributed by atoms with Crippen molar-refractivity contribution in [3.8, 4) is 0 Å². The number of hydrogen-bond donors (Lipinski definition) is 1. The van der Waals surface area contributed by atoms with E-state index in [1.54, 1.807) is 0 Å². The quantitative estimate of drug-likeness (QED) is 0.665. The smallest absolute Gasteiger partial charge is 0.0115 e. The first-order chi connectivity index (χ1) is 5.91. The molecule has 2 aliphatic rings. The summed E-state index contributed by atoms with van der Waals surface area (Å²) in [6.07, 6.45) is 2.61. The molecular weight excluding hydrogens is 160 g/mol. The minimum absolute atomic E-state index is 0.435. The van der Waals surface area contributed by atoms with Crippen molar-refractivity contribution in [1.29, 1.82) is 0 Å². The zero-order valence-electron chi connectivity index (χ0n) is 9.14. The molecule has 1 saturated carbocycles. The molecule has 1 aliphatic carbocycles. The second-order valence-corrected chi connectivity index (χ2v) is 6.19. The molecule has 2 N–H and O–H groups in total. The van der Waals surface area contributed by atoms with E-state index in [0.717, 1.165) is 0 Å². The van der Waals surface area contributed by atoms with Crippen molar-refractivity contribution in [2.45, 2.75) is 39.7 Å². The van der Waals surface area contributed by atoms with E-state index >= 15 is 0 Å². The van der Waals surface area contributed by atoms with Gasteiger partial charge in [-0.25, -0.2) is 0 Å². The summed E-state index contributed by atoms with van der Waals surface area (Å²) in [5, 5.41) is 0. The molecule has 2 atom stereocenters. The number of nitrogens with zero attached hydrogens (tertiary/aromatic N) is 1. The van der Waals surface area contributed by atoms with Gasteiger partial charge in [0.15, 0.2) is 0 Å². The van der Waals surface area contributed by atoms with Crippen LogP contribution in [0.1, 0.15) is 33.6 Å². The maximum absolute atomic E-state index is 5.96. The zero-order valence-corrected chi connectivity index (χ0v) is 9.14. The van der Waals surface area contributed by atoms with Crippen LogP contribution in [0, 0.1) is 10.8 Å². The Balaban J connectivity index is 1.86. The Hall–Kier alpha value is -0.0800. The number of rotatable bonds is 1. The van der Waals surface area contributed by atoms with Gasteiger partial charge in [-0.2, -0.15) is 0 Å². The Bertz CT molecular complexity index is 207. The first kappa shape index (κ1) is 9.47. The van der Waals surface area contributed by atoms with Crippen LogP contribution in [0.15, 0.2) is 0 Å². The van der Waals surface area contributed by atoms with Gasteiger partial charge in [-0.1, -0.05) is 20.8 Å². The van der Waals surface area contributed by atoms with Crippen molar-refractivity contribution in [2.24, 2.45) is 16.6 Å². The average Bonchev–Trinajstić information content (AvgIpc) is 2.37. The first-order valence-corrected chi connectivity index (χ1v) is 5.39. The third-order valence-corrected chi connectivity index (χ3v) is 3.42. The maximum Gasteiger partial charge on any atom is 0.0115 e. The van der Waals surface area contributed by atoms with Crippen LogP contribution in [0.4, 0.5) is 0 Å². The Morgan fingerprint density at radius 2 is 2.08 bits per heavy atom. The van der Waals surface area contributed by atoms with E-state index in [4.69, 9.17) is 5.73 Å². The summed E-state index contributed by atoms with van der Waals surface area (Å²) in [5.74, 6) is 0. The molecule has 0 aromatic carbocycles. The summed E-state index contributed by atoms with van der Waals surface area (Å²) in [5.41, 5.74) is 6.94. The largest absolute Gasteiger partial charge is 0.327 e. The van der Waals surface area contributed by atoms with Gasteiger partial charge >= 0.3 is 0 Å². The summed E-state index contributed by atoms with van der Waals surface area (Å²) in [7, 11) is 0. The van der Waals surface area contributed by atoms with Gasteiger partial charge in [-0.15, -0.1) is 0 Å². The summed E-state index contributed by atoms with van der Waals surface area (Å²) in [4.78, 5) is 2.59. The molecule has 1 spiro atoms. The number of nitrogens with two attached hydrogens (primary N) is 1. The zero-order chi connectivity index (χ0) is 9.69. The summed E-state index contributed by atoms with van der Waals surface area (Å²) >= 11 is 0. The molecule has 0 amide bonds. The van der Waals surface area contributed by atoms with Gasteiger partial charge < -0.3 is 10.6 Å². The Kier molecular flexibility index (Phi) is 1.97. The van der Waals surface area contributed by atoms with E-state index in [-0.39, 0.29) is 0 Å². The molecular formula is C11H22N2. The van der Waals surface area contributed by atoms with Crippen LogP contribution in [0.2, 0.25) is 0 Å². The Labute approximate surface area is 81.5 Å². The predicted molar refractivity (Wildman–Crippen MR) is 55.5 cm³/mol. The fourth-order valence-corrected chi connectivity index (χ4v) is 2.64. The lowest BCUT2D eigenvalue weighted by Crippen LogP contribution is -2.31. The number of hydrogen-bond acceptors (Lipinski definition) is 2. The van der Waals surface area contributed by atoms with Gasteiger partial charge in [0.1, 0.15) is 0 Å². The highest BCUT2D eigenvalue weighted by Crippen LogP contribution is 2.51. The van der Waals surface area contributed by atoms with E-state index in [2.05, 4.69) is 25.7 Å². The van der Waals surface area contributed by atoms with Gasteiger partial charge in [0.2, 0.25) is 0 Å². The molecule has 0 bridgehead atoms. The van der Waals surface area contributed by atoms with E-state index in [0.29, 0.717) is 16.9 Å². The van der Waals surface area contributed by atoms with Crippen LogP contribution < -0.4 is 5.73 Å². The maximum atomic E-state index is 5.96. The number of likely N-dealkylation sites (tertiary alicyclic amines) is 1. The van der Waals surface area contributed by atoms with Crippen LogP contribution in [-0.2, 0) is 0 Å². The normalized spacial score (nSPS) is 40.2. The van der Waals surface area contributed by atoms with E-state index < -0.39 is 0 Å². The topological polar surface area (TPSA) is 29.3 Å². The van der Waals surface area contributed by atoms with Crippen molar-refractivity contribution in [2.75, 3.05) is 19.6 Å². The van der Waals surface area contributed by atoms with Crippen molar-refractivity contribution in [1.82, 2.24) is 4.90 Å². The van der Waals surface area contributed by atoms with E-state index in [1.807, 2.05) is 0 Å². The predicted octanol–water partition coefficient (Wildman–Crippen LogP) is 1.46. The third-order valence-electron chi connectivity index (χ3n) is 3.42. The van der Waals surface area contributed by atoms with Crippen LogP contribution in [0.5, 0.6) is 0 Å². The minimum atomic E-state index is 0.435. The van der Waals surface area contributed by atoms with Crippen LogP contribution in [0.25, 0.3) is 0 Å². The van der Waals surface area contributed by atoms with Gasteiger partial charge in [-0.05, 0) is 24.8 Å². The lowest BCUT2D eigenvalue weighted by molar-refractivity contribution is 0.218. The molecule has 0 radical (unpaired) electrons. The van der Waals surface area contributed by atoms with E-state index in [9.17, 15) is 0 Å². The molecule has 76 valence electrons. The summed E-state index contributed by atoms with van der Waals surface area (Å²) in [6.45, 7) is 10.7. The van der Waals surface area contributed by atoms with Gasteiger partial charge in [0, 0.05) is 24.5 Å². The monoisotopic (exact) mass is 182 g/mol. The van der Waals surface area contributed by atoms with Crippen molar-refractivity contribution >= 4 is 0 Å². The minimum Gasteiger partial charge on any atom is -0.327 e. The van der Waals surface area contributed by atoms with E-state index in [1.165, 1.54) is 32.5 Å². The third kappa shape index (κ3) is 1.89. The highest BCUT2D eigenvalue weighted by molar-refractivity contribution is 5.11. The molecule has 0 aromatic heterocycles. The lowest BCUT2D eigenvalue weighted by atomic mass is 9.96. The van der Waals surface area contributed by atoms with Crippen molar-refractivity contribution in [3.63, 3.8) is 0 Å². The molecule has 1 saturated heterocycles. The molecule has 1 aliphatic heterocycles. The van der Waals surface area contributed by atoms with Gasteiger partial charge in [0.25, 0.3) is 0 Å². The molecule has 2 unspecified atom stereocenters. The summed E-state index contributed by atoms with van der Waals surface area (Å²) < 4.78 is 0. The SMILES string of the molecule is CC(C)(C)CN1CCC2(CC2N)C1. The molecule has 2 heteroatoms. The van der Waals surface area contributed by atoms with Gasteiger partial charge in [0.05, 0.1) is 0 Å².